The van der Waals surface area contributed by atoms with Gasteiger partial charge < -0.3 is 24.9 Å². The lowest BCUT2D eigenvalue weighted by Crippen LogP contribution is -2.22. The Kier molecular flexibility index (Phi) is 5.35. The van der Waals surface area contributed by atoms with Crippen LogP contribution in [0.5, 0.6) is 0 Å². The van der Waals surface area contributed by atoms with Crippen molar-refractivity contribution in [1.29, 1.82) is 0 Å². The zero-order valence-corrected chi connectivity index (χ0v) is 22.3. The Balaban J connectivity index is 1.53. The Morgan fingerprint density at radius 3 is 2.62 bits per heavy atom. The van der Waals surface area contributed by atoms with E-state index in [0.717, 1.165) is 52.0 Å². The molecule has 9 nitrogen and oxygen atoms in total. The van der Waals surface area contributed by atoms with Gasteiger partial charge in [0, 0.05) is 67.3 Å². The lowest BCUT2D eigenvalue weighted by molar-refractivity contribution is 0.0695. The van der Waals surface area contributed by atoms with E-state index >= 15 is 0 Å². The molecule has 39 heavy (non-hydrogen) atoms. The molecule has 4 aromatic heterocycles. The second kappa shape index (κ2) is 8.71. The monoisotopic (exact) mass is 542 g/mol. The molecule has 1 saturated carbocycles. The predicted molar refractivity (Wildman–Crippen MR) is 154 cm³/mol. The van der Waals surface area contributed by atoms with Crippen molar-refractivity contribution >= 4 is 61.9 Å². The topological polar surface area (TPSA) is 116 Å². The highest BCUT2D eigenvalue weighted by molar-refractivity contribution is 6.33. The summed E-state index contributed by atoms with van der Waals surface area (Å²) in [5.41, 5.74) is 4.79. The van der Waals surface area contributed by atoms with Crippen LogP contribution in [0.3, 0.4) is 0 Å². The summed E-state index contributed by atoms with van der Waals surface area (Å²) < 4.78 is 1.58. The molecule has 2 aliphatic rings. The average molecular weight is 543 g/mol. The van der Waals surface area contributed by atoms with Crippen LogP contribution >= 0.6 is 11.6 Å². The first kappa shape index (κ1) is 24.0. The van der Waals surface area contributed by atoms with E-state index in [-0.39, 0.29) is 10.9 Å². The van der Waals surface area contributed by atoms with Crippen LogP contribution in [0.2, 0.25) is 5.02 Å². The van der Waals surface area contributed by atoms with Crippen molar-refractivity contribution in [3.8, 4) is 11.1 Å². The third kappa shape index (κ3) is 3.60. The average Bonchev–Trinajstić information content (AvgIpc) is 3.63. The van der Waals surface area contributed by atoms with Gasteiger partial charge in [-0.1, -0.05) is 18.0 Å². The van der Waals surface area contributed by atoms with Crippen molar-refractivity contribution in [3.63, 3.8) is 0 Å². The Morgan fingerprint density at radius 2 is 1.90 bits per heavy atom. The molecule has 0 radical (unpaired) electrons. The summed E-state index contributed by atoms with van der Waals surface area (Å²) in [6, 6.07) is 5.61. The summed E-state index contributed by atoms with van der Waals surface area (Å²) in [6.45, 7) is 1.91. The zero-order valence-electron chi connectivity index (χ0n) is 21.6. The van der Waals surface area contributed by atoms with E-state index < -0.39 is 11.4 Å². The number of anilines is 2. The number of aromatic nitrogens is 4. The number of nitrogens with zero attached hydrogens (tertiary/aromatic N) is 4. The highest BCUT2D eigenvalue weighted by Gasteiger charge is 2.38. The SMILES string of the molecule is CNc1cc(Cl)cc2c1[nH]c1ncc(-c3cnc4c(c3)c(=O)c(C(=O)O)cn4C)c(N3CC4CCCC4C3)c12. The van der Waals surface area contributed by atoms with Gasteiger partial charge in [0.15, 0.2) is 0 Å². The maximum absolute atomic E-state index is 13.1. The maximum Gasteiger partial charge on any atom is 0.341 e. The minimum absolute atomic E-state index is 0.263. The maximum atomic E-state index is 13.1. The number of aromatic carboxylic acids is 1. The summed E-state index contributed by atoms with van der Waals surface area (Å²) in [4.78, 5) is 40.3. The van der Waals surface area contributed by atoms with Gasteiger partial charge in [0.2, 0.25) is 5.43 Å². The standard InChI is InChI=1S/C29H27ClN6O3/c1-31-22-8-17(30)7-18-23-25(36-11-14-4-3-5-15(14)12-36)20(10-32-27(23)34-24(18)22)16-6-19-26(37)21(29(38)39)13-35(2)28(19)33-9-16/h6-10,13-15,31H,3-5,11-12H2,1-2H3,(H,32,34)(H,38,39). The molecule has 5 heterocycles. The Bertz CT molecular complexity index is 1880. The lowest BCUT2D eigenvalue weighted by atomic mass is 10.0. The molecule has 2 unspecified atom stereocenters. The lowest BCUT2D eigenvalue weighted by Gasteiger charge is -2.24. The van der Waals surface area contributed by atoms with Crippen LogP contribution in [0.25, 0.3) is 44.1 Å². The molecule has 10 heteroatoms. The summed E-state index contributed by atoms with van der Waals surface area (Å²) in [7, 11) is 3.56. The fourth-order valence-electron chi connectivity index (χ4n) is 6.73. The number of carboxylic acid groups (broad SMARTS) is 1. The Labute approximate surface area is 228 Å². The molecule has 0 amide bonds. The number of halogens is 1. The predicted octanol–water partition coefficient (Wildman–Crippen LogP) is 5.26. The van der Waals surface area contributed by atoms with Gasteiger partial charge >= 0.3 is 5.97 Å². The number of aromatic amines is 1. The molecule has 1 saturated heterocycles. The highest BCUT2D eigenvalue weighted by atomic mass is 35.5. The normalized spacial score (nSPS) is 18.9. The number of rotatable bonds is 4. The van der Waals surface area contributed by atoms with E-state index in [0.29, 0.717) is 28.1 Å². The van der Waals surface area contributed by atoms with Crippen molar-refractivity contribution in [1.82, 2.24) is 19.5 Å². The van der Waals surface area contributed by atoms with Crippen LogP contribution in [-0.4, -0.2) is 50.7 Å². The van der Waals surface area contributed by atoms with Crippen molar-refractivity contribution < 1.29 is 9.90 Å². The van der Waals surface area contributed by atoms with Gasteiger partial charge in [-0.15, -0.1) is 0 Å². The number of aryl methyl sites for hydroxylation is 1. The molecule has 2 fully saturated rings. The van der Waals surface area contributed by atoms with Gasteiger partial charge in [-0.3, -0.25) is 4.79 Å². The Hall–Kier alpha value is -4.11. The number of H-pyrrole nitrogens is 1. The molecule has 5 aromatic rings. The van der Waals surface area contributed by atoms with E-state index in [9.17, 15) is 14.7 Å². The second-order valence-electron chi connectivity index (χ2n) is 10.7. The number of benzene rings is 1. The molecule has 1 aliphatic heterocycles. The molecule has 1 aliphatic carbocycles. The number of fused-ring (bicyclic) bond motifs is 5. The molecule has 0 bridgehead atoms. The minimum Gasteiger partial charge on any atom is -0.477 e. The van der Waals surface area contributed by atoms with Crippen LogP contribution in [-0.2, 0) is 7.05 Å². The fraction of sp³-hybridized carbons (Fsp3) is 0.310. The van der Waals surface area contributed by atoms with Crippen LogP contribution in [0.1, 0.15) is 29.6 Å². The first-order chi connectivity index (χ1) is 18.8. The third-order valence-electron chi connectivity index (χ3n) is 8.53. The minimum atomic E-state index is -1.26. The summed E-state index contributed by atoms with van der Waals surface area (Å²) in [5.74, 6) is 0.0528. The molecule has 3 N–H and O–H groups in total. The number of pyridine rings is 3. The molecular weight excluding hydrogens is 516 g/mol. The van der Waals surface area contributed by atoms with Crippen LogP contribution in [0.4, 0.5) is 11.4 Å². The summed E-state index contributed by atoms with van der Waals surface area (Å²) >= 11 is 6.56. The Morgan fingerprint density at radius 1 is 1.13 bits per heavy atom. The van der Waals surface area contributed by atoms with Gasteiger partial charge in [-0.2, -0.15) is 0 Å². The van der Waals surface area contributed by atoms with Gasteiger partial charge in [0.1, 0.15) is 16.9 Å². The summed E-state index contributed by atoms with van der Waals surface area (Å²) in [6.07, 6.45) is 8.64. The number of hydrogen-bond donors (Lipinski definition) is 3. The van der Waals surface area contributed by atoms with Gasteiger partial charge in [-0.25, -0.2) is 14.8 Å². The quantitative estimate of drug-likeness (QED) is 0.283. The van der Waals surface area contributed by atoms with Crippen molar-refractivity contribution in [2.45, 2.75) is 19.3 Å². The molecule has 7 rings (SSSR count). The van der Waals surface area contributed by atoms with Gasteiger partial charge in [0.25, 0.3) is 0 Å². The molecule has 1 aromatic carbocycles. The largest absolute Gasteiger partial charge is 0.477 e. The van der Waals surface area contributed by atoms with E-state index in [1.54, 1.807) is 23.9 Å². The van der Waals surface area contributed by atoms with Crippen LogP contribution in [0.15, 0.2) is 41.6 Å². The smallest absolute Gasteiger partial charge is 0.341 e. The number of carboxylic acids is 1. The number of nitrogens with one attached hydrogen (secondary N) is 2. The first-order valence-electron chi connectivity index (χ1n) is 13.1. The van der Waals surface area contributed by atoms with Gasteiger partial charge in [0.05, 0.1) is 27.7 Å². The zero-order chi connectivity index (χ0) is 27.0. The van der Waals surface area contributed by atoms with E-state index in [2.05, 4.69) is 20.2 Å². The van der Waals surface area contributed by atoms with Crippen LogP contribution < -0.4 is 15.6 Å². The first-order valence-corrected chi connectivity index (χ1v) is 13.5. The van der Waals surface area contributed by atoms with E-state index in [4.69, 9.17) is 16.6 Å². The summed E-state index contributed by atoms with van der Waals surface area (Å²) in [5, 5.41) is 15.7. The molecule has 0 spiro atoms. The van der Waals surface area contributed by atoms with Crippen LogP contribution in [0, 0.1) is 11.8 Å². The van der Waals surface area contributed by atoms with Crippen molar-refractivity contribution in [3.05, 3.63) is 57.6 Å². The molecular formula is C29H27ClN6O3. The highest BCUT2D eigenvalue weighted by Crippen LogP contribution is 2.47. The third-order valence-corrected chi connectivity index (χ3v) is 8.75. The van der Waals surface area contributed by atoms with Crippen molar-refractivity contribution in [2.75, 3.05) is 30.4 Å². The van der Waals surface area contributed by atoms with Gasteiger partial charge in [-0.05, 0) is 42.9 Å². The second-order valence-corrected chi connectivity index (χ2v) is 11.2. The molecule has 198 valence electrons. The molecule has 2 atom stereocenters. The van der Waals surface area contributed by atoms with Crippen molar-refractivity contribution in [2.24, 2.45) is 18.9 Å². The van der Waals surface area contributed by atoms with E-state index in [1.807, 2.05) is 25.4 Å². The number of carbonyl (C=O) groups is 1. The number of hydrogen-bond acceptors (Lipinski definition) is 6. The van der Waals surface area contributed by atoms with E-state index in [1.165, 1.54) is 25.5 Å². The fourth-order valence-corrected chi connectivity index (χ4v) is 6.95.